The Labute approximate surface area is 495 Å². The largest absolute Gasteiger partial charge is 0.459 e. The Morgan fingerprint density at radius 3 is 0.590 bits per heavy atom. The van der Waals surface area contributed by atoms with Gasteiger partial charge in [0.1, 0.15) is 6.10 Å². The second-order valence-corrected chi connectivity index (χ2v) is 26.7. The fourth-order valence-corrected chi connectivity index (χ4v) is 13.0. The molecular formula is C76H150O2. The van der Waals surface area contributed by atoms with Crippen LogP contribution >= 0.6 is 0 Å². The van der Waals surface area contributed by atoms with Crippen molar-refractivity contribution in [1.82, 2.24) is 0 Å². The van der Waals surface area contributed by atoms with E-state index in [0.717, 1.165) is 0 Å². The summed E-state index contributed by atoms with van der Waals surface area (Å²) in [6.07, 6.45) is 93.7. The van der Waals surface area contributed by atoms with E-state index in [0.29, 0.717) is 17.4 Å². The lowest BCUT2D eigenvalue weighted by Gasteiger charge is -2.30. The molecule has 2 heteroatoms. The first-order chi connectivity index (χ1) is 38.4. The van der Waals surface area contributed by atoms with Crippen LogP contribution in [0.4, 0.5) is 0 Å². The zero-order valence-electron chi connectivity index (χ0n) is 55.2. The molecule has 0 spiro atoms. The van der Waals surface area contributed by atoms with E-state index in [1.165, 1.54) is 417 Å². The number of carbonyl (C=O) groups is 1. The average molecular weight is 1100 g/mol. The highest BCUT2D eigenvalue weighted by atomic mass is 16.5. The number of carbonyl (C=O) groups excluding carboxylic acids is 1. The topological polar surface area (TPSA) is 26.3 Å². The van der Waals surface area contributed by atoms with Gasteiger partial charge in [-0.25, -0.2) is 4.79 Å². The Morgan fingerprint density at radius 1 is 0.269 bits per heavy atom. The molecule has 0 N–H and O–H groups in total. The Morgan fingerprint density at radius 2 is 0.423 bits per heavy atom. The van der Waals surface area contributed by atoms with E-state index in [1.807, 2.05) is 0 Å². The van der Waals surface area contributed by atoms with E-state index in [2.05, 4.69) is 34.3 Å². The van der Waals surface area contributed by atoms with Crippen molar-refractivity contribution < 1.29 is 9.53 Å². The Kier molecular flexibility index (Phi) is 66.3. The van der Waals surface area contributed by atoms with Gasteiger partial charge in [-0.2, -0.15) is 0 Å². The van der Waals surface area contributed by atoms with E-state index in [1.54, 1.807) is 6.92 Å². The van der Waals surface area contributed by atoms with Gasteiger partial charge in [0.05, 0.1) is 0 Å². The summed E-state index contributed by atoms with van der Waals surface area (Å²) in [7, 11) is 0. The molecule has 0 amide bonds. The molecule has 0 aliphatic rings. The van der Waals surface area contributed by atoms with Crippen molar-refractivity contribution in [1.29, 1.82) is 0 Å². The van der Waals surface area contributed by atoms with Crippen LogP contribution < -0.4 is 0 Å². The van der Waals surface area contributed by atoms with Crippen LogP contribution in [-0.2, 0) is 9.53 Å². The maximum absolute atomic E-state index is 12.5. The molecule has 466 valence electrons. The highest BCUT2D eigenvalue weighted by Crippen LogP contribution is 2.30. The van der Waals surface area contributed by atoms with E-state index < -0.39 is 0 Å². The average Bonchev–Trinajstić information content (AvgIpc) is 3.43. The van der Waals surface area contributed by atoms with Crippen LogP contribution in [0.2, 0.25) is 0 Å². The molecule has 78 heavy (non-hydrogen) atoms. The summed E-state index contributed by atoms with van der Waals surface area (Å²) in [6.45, 7) is 14.8. The molecule has 3 atom stereocenters. The molecule has 0 aromatic heterocycles. The lowest BCUT2D eigenvalue weighted by Crippen LogP contribution is -2.29. The van der Waals surface area contributed by atoms with Gasteiger partial charge in [-0.15, -0.1) is 0 Å². The van der Waals surface area contributed by atoms with Crippen molar-refractivity contribution in [2.24, 2.45) is 11.8 Å². The van der Waals surface area contributed by atoms with Crippen molar-refractivity contribution in [3.05, 3.63) is 12.2 Å². The Bertz CT molecular complexity index is 1130. The highest BCUT2D eigenvalue weighted by molar-refractivity contribution is 5.87. The van der Waals surface area contributed by atoms with E-state index in [4.69, 9.17) is 4.74 Å². The van der Waals surface area contributed by atoms with Crippen molar-refractivity contribution in [2.75, 3.05) is 0 Å². The van der Waals surface area contributed by atoms with E-state index in [-0.39, 0.29) is 12.1 Å². The Balaban J connectivity index is 3.66. The van der Waals surface area contributed by atoms with Gasteiger partial charge in [0.15, 0.2) is 0 Å². The van der Waals surface area contributed by atoms with Crippen LogP contribution in [0.5, 0.6) is 0 Å². The van der Waals surface area contributed by atoms with Gasteiger partial charge in [-0.1, -0.05) is 438 Å². The number of rotatable bonds is 69. The summed E-state index contributed by atoms with van der Waals surface area (Å²) in [6, 6.07) is 0. The van der Waals surface area contributed by atoms with Crippen LogP contribution in [-0.4, -0.2) is 12.1 Å². The zero-order valence-corrected chi connectivity index (χ0v) is 55.2. The van der Waals surface area contributed by atoms with Crippen LogP contribution in [0.3, 0.4) is 0 Å². The Hall–Kier alpha value is -0.790. The molecule has 0 aliphatic carbocycles. The lowest BCUT2D eigenvalue weighted by atomic mass is 9.82. The quantitative estimate of drug-likeness (QED) is 0.0345. The third-order valence-electron chi connectivity index (χ3n) is 18.6. The summed E-state index contributed by atoms with van der Waals surface area (Å²) in [5.41, 5.74) is 0.524. The highest BCUT2D eigenvalue weighted by Gasteiger charge is 2.26. The fourth-order valence-electron chi connectivity index (χ4n) is 13.0. The van der Waals surface area contributed by atoms with Crippen LogP contribution in [0.25, 0.3) is 0 Å². The predicted molar refractivity (Wildman–Crippen MR) is 354 cm³/mol. The maximum Gasteiger partial charge on any atom is 0.333 e. The van der Waals surface area contributed by atoms with Gasteiger partial charge in [-0.05, 0) is 32.1 Å². The maximum atomic E-state index is 12.5. The van der Waals surface area contributed by atoms with Crippen molar-refractivity contribution in [2.45, 2.75) is 458 Å². The predicted octanol–water partition coefficient (Wildman–Crippen LogP) is 28.1. The lowest BCUT2D eigenvalue weighted by molar-refractivity contribution is -0.147. The van der Waals surface area contributed by atoms with E-state index in [9.17, 15) is 4.79 Å². The summed E-state index contributed by atoms with van der Waals surface area (Å²) in [5.74, 6) is 0.840. The monoisotopic (exact) mass is 1100 g/mol. The van der Waals surface area contributed by atoms with E-state index >= 15 is 0 Å². The van der Waals surface area contributed by atoms with Gasteiger partial charge in [0.2, 0.25) is 0 Å². The summed E-state index contributed by atoms with van der Waals surface area (Å²) >= 11 is 0. The third-order valence-corrected chi connectivity index (χ3v) is 18.6. The smallest absolute Gasteiger partial charge is 0.333 e. The van der Waals surface area contributed by atoms with Gasteiger partial charge in [-0.3, -0.25) is 0 Å². The first-order valence-corrected chi connectivity index (χ1v) is 37.3. The minimum Gasteiger partial charge on any atom is -0.459 e. The first-order valence-electron chi connectivity index (χ1n) is 37.3. The molecule has 0 radical (unpaired) electrons. The molecule has 0 fully saturated rings. The second kappa shape index (κ2) is 67.0. The molecule has 0 aromatic rings. The number of hydrogen-bond acceptors (Lipinski definition) is 2. The minimum absolute atomic E-state index is 0.0268. The molecule has 0 saturated heterocycles. The van der Waals surface area contributed by atoms with Crippen LogP contribution in [0, 0.1) is 11.8 Å². The van der Waals surface area contributed by atoms with Crippen LogP contribution in [0.15, 0.2) is 12.2 Å². The molecule has 3 unspecified atom stereocenters. The molecular weight excluding hydrogens is 945 g/mol. The van der Waals surface area contributed by atoms with Gasteiger partial charge in [0.25, 0.3) is 0 Å². The molecule has 2 nitrogen and oxygen atoms in total. The third kappa shape index (κ3) is 61.3. The summed E-state index contributed by atoms with van der Waals surface area (Å²) < 4.78 is 5.95. The van der Waals surface area contributed by atoms with Gasteiger partial charge in [0, 0.05) is 5.57 Å². The van der Waals surface area contributed by atoms with Crippen molar-refractivity contribution in [3.8, 4) is 0 Å². The summed E-state index contributed by atoms with van der Waals surface area (Å²) in [4.78, 5) is 12.5. The standard InChI is InChI=1S/C76H150O2/c1-7-9-11-13-15-17-19-21-23-25-27-29-31-33-35-37-39-41-42-44-46-48-50-52-54-56-58-60-62-64-66-68-70-73(5)75(74(6)78-76(77)72(3)4)71-69-67-65-63-61-59-57-55-53-51-49-47-45-43-40-38-36-34-32-30-28-26-24-22-20-18-16-14-12-10-8-2/h73-75H,3,7-71H2,1-2,4-6H3. The van der Waals surface area contributed by atoms with Gasteiger partial charge < -0.3 is 4.74 Å². The molecule has 0 rings (SSSR count). The molecule has 0 aliphatic heterocycles. The minimum atomic E-state index is -0.211. The number of esters is 1. The van der Waals surface area contributed by atoms with Crippen molar-refractivity contribution >= 4 is 5.97 Å². The number of hydrogen-bond donors (Lipinski definition) is 0. The van der Waals surface area contributed by atoms with Crippen molar-refractivity contribution in [3.63, 3.8) is 0 Å². The molecule has 0 saturated carbocycles. The molecule has 0 heterocycles. The molecule has 0 bridgehead atoms. The number of ether oxygens (including phenoxy) is 1. The SMILES string of the molecule is C=C(C)C(=O)OC(C)C(CCCCCCCCCCCCCCCCCCCCCCCCCCCCCCCCC)C(C)CCCCCCCCCCCCCCCCCCCCCCCCCCCCCCCCCC. The number of unbranched alkanes of at least 4 members (excludes halogenated alkanes) is 61. The summed E-state index contributed by atoms with van der Waals surface area (Å²) in [5, 5.41) is 0. The first kappa shape index (κ1) is 77.2. The fraction of sp³-hybridized carbons (Fsp3) is 0.961. The zero-order chi connectivity index (χ0) is 56.6. The normalized spacial score (nSPS) is 12.9. The van der Waals surface area contributed by atoms with Gasteiger partial charge >= 0.3 is 5.97 Å². The second-order valence-electron chi connectivity index (χ2n) is 26.7. The molecule has 0 aromatic carbocycles. The van der Waals surface area contributed by atoms with Crippen LogP contribution in [0.1, 0.15) is 452 Å².